The first-order valence-electron chi connectivity index (χ1n) is 10.1. The molecule has 3 aromatic carbocycles. The number of anilines is 3. The molecule has 1 aliphatic heterocycles. The highest BCUT2D eigenvalue weighted by atomic mass is 35.5. The number of phenols is 1. The molecule has 7 nitrogen and oxygen atoms in total. The van der Waals surface area contributed by atoms with Gasteiger partial charge in [-0.25, -0.2) is 4.90 Å². The van der Waals surface area contributed by atoms with Crippen molar-refractivity contribution >= 4 is 46.4 Å². The third-order valence-corrected chi connectivity index (χ3v) is 5.55. The second-order valence-electron chi connectivity index (χ2n) is 7.60. The summed E-state index contributed by atoms with van der Waals surface area (Å²) >= 11 is 6.21. The second-order valence-corrected chi connectivity index (χ2v) is 7.98. The summed E-state index contributed by atoms with van der Waals surface area (Å²) in [6.45, 7) is 3.69. The maximum absolute atomic E-state index is 13.0. The lowest BCUT2D eigenvalue weighted by Crippen LogP contribution is -2.32. The van der Waals surface area contributed by atoms with Crippen LogP contribution in [0.5, 0.6) is 5.75 Å². The van der Waals surface area contributed by atoms with Crippen molar-refractivity contribution in [2.45, 2.75) is 13.8 Å². The van der Waals surface area contributed by atoms with E-state index in [1.807, 2.05) is 26.0 Å². The topological polar surface area (TPSA) is 98.7 Å². The summed E-state index contributed by atoms with van der Waals surface area (Å²) < 4.78 is 0. The molecule has 3 aromatic rings. The maximum Gasteiger partial charge on any atom is 0.283 e. The highest BCUT2D eigenvalue weighted by molar-refractivity contribution is 6.53. The highest BCUT2D eigenvalue weighted by Gasteiger charge is 2.39. The molecule has 0 bridgehead atoms. The maximum atomic E-state index is 13.0. The van der Waals surface area contributed by atoms with Gasteiger partial charge in [0, 0.05) is 11.3 Å². The van der Waals surface area contributed by atoms with Crippen LogP contribution < -0.4 is 15.5 Å². The molecule has 0 saturated carbocycles. The molecule has 4 rings (SSSR count). The van der Waals surface area contributed by atoms with E-state index in [1.165, 1.54) is 6.07 Å². The number of amides is 3. The van der Waals surface area contributed by atoms with Crippen molar-refractivity contribution in [2.75, 3.05) is 15.5 Å². The molecular formula is C25H20ClN3O4. The molecule has 1 heterocycles. The van der Waals surface area contributed by atoms with E-state index in [4.69, 9.17) is 11.6 Å². The van der Waals surface area contributed by atoms with Crippen LogP contribution in [0.15, 0.2) is 77.5 Å². The minimum Gasteiger partial charge on any atom is -0.506 e. The molecule has 0 unspecified atom stereocenters. The summed E-state index contributed by atoms with van der Waals surface area (Å²) in [6.07, 6.45) is 0. The number of aryl methyl sites for hydroxylation is 2. The molecule has 33 heavy (non-hydrogen) atoms. The minimum absolute atomic E-state index is 0.0333. The first-order valence-corrected chi connectivity index (χ1v) is 10.5. The van der Waals surface area contributed by atoms with Crippen molar-refractivity contribution in [1.82, 2.24) is 0 Å². The monoisotopic (exact) mass is 461 g/mol. The Balaban J connectivity index is 1.51. The molecule has 0 radical (unpaired) electrons. The molecule has 0 aliphatic carbocycles. The van der Waals surface area contributed by atoms with Crippen LogP contribution in [-0.4, -0.2) is 22.8 Å². The number of aromatic hydroxyl groups is 1. The van der Waals surface area contributed by atoms with E-state index < -0.39 is 17.7 Å². The molecule has 0 atom stereocenters. The van der Waals surface area contributed by atoms with Crippen LogP contribution in [0.3, 0.4) is 0 Å². The van der Waals surface area contributed by atoms with Crippen LogP contribution in [0.25, 0.3) is 0 Å². The van der Waals surface area contributed by atoms with E-state index in [2.05, 4.69) is 10.6 Å². The number of nitrogens with one attached hydrogen (secondary N) is 2. The van der Waals surface area contributed by atoms with Gasteiger partial charge in [0.25, 0.3) is 17.7 Å². The zero-order valence-electron chi connectivity index (χ0n) is 17.8. The Morgan fingerprint density at radius 2 is 1.64 bits per heavy atom. The van der Waals surface area contributed by atoms with Gasteiger partial charge in [0.15, 0.2) is 0 Å². The van der Waals surface area contributed by atoms with Crippen molar-refractivity contribution < 1.29 is 19.5 Å². The van der Waals surface area contributed by atoms with Crippen molar-refractivity contribution in [3.63, 3.8) is 0 Å². The van der Waals surface area contributed by atoms with Crippen LogP contribution in [0.4, 0.5) is 17.1 Å². The van der Waals surface area contributed by atoms with Crippen molar-refractivity contribution in [2.24, 2.45) is 0 Å². The predicted octanol–water partition coefficient (Wildman–Crippen LogP) is 4.70. The Kier molecular flexibility index (Phi) is 5.89. The quantitative estimate of drug-likeness (QED) is 0.378. The van der Waals surface area contributed by atoms with Gasteiger partial charge in [-0.05, 0) is 67.4 Å². The third-order valence-electron chi connectivity index (χ3n) is 5.20. The van der Waals surface area contributed by atoms with E-state index in [9.17, 15) is 19.5 Å². The molecular weight excluding hydrogens is 442 g/mol. The fourth-order valence-corrected chi connectivity index (χ4v) is 3.63. The predicted molar refractivity (Wildman–Crippen MR) is 127 cm³/mol. The van der Waals surface area contributed by atoms with Gasteiger partial charge in [-0.15, -0.1) is 0 Å². The van der Waals surface area contributed by atoms with Gasteiger partial charge >= 0.3 is 0 Å². The summed E-state index contributed by atoms with van der Waals surface area (Å²) in [4.78, 5) is 39.3. The average molecular weight is 462 g/mol. The third kappa shape index (κ3) is 4.31. The van der Waals surface area contributed by atoms with Gasteiger partial charge < -0.3 is 15.7 Å². The largest absolute Gasteiger partial charge is 0.506 e. The fourth-order valence-electron chi connectivity index (χ4n) is 3.41. The molecule has 0 aromatic heterocycles. The number of imide groups is 1. The minimum atomic E-state index is -0.600. The van der Waals surface area contributed by atoms with Crippen LogP contribution in [0.1, 0.15) is 21.5 Å². The molecule has 166 valence electrons. The number of rotatable bonds is 5. The fraction of sp³-hybridized carbons (Fsp3) is 0.0800. The molecule has 3 N–H and O–H groups in total. The van der Waals surface area contributed by atoms with Crippen molar-refractivity contribution in [1.29, 1.82) is 0 Å². The van der Waals surface area contributed by atoms with Gasteiger partial charge in [0.2, 0.25) is 0 Å². The first kappa shape index (κ1) is 22.1. The van der Waals surface area contributed by atoms with E-state index in [0.29, 0.717) is 22.6 Å². The molecule has 0 fully saturated rings. The van der Waals surface area contributed by atoms with Gasteiger partial charge in [-0.1, -0.05) is 35.9 Å². The Morgan fingerprint density at radius 1 is 0.939 bits per heavy atom. The summed E-state index contributed by atoms with van der Waals surface area (Å²) in [5.74, 6) is -1.60. The Hall–Kier alpha value is -4.10. The zero-order valence-corrected chi connectivity index (χ0v) is 18.6. The number of phenolic OH excluding ortho intramolecular Hbond substituents is 1. The normalized spacial score (nSPS) is 13.5. The van der Waals surface area contributed by atoms with E-state index in [1.54, 1.807) is 48.5 Å². The standard InChI is InChI=1S/C25H20ClN3O4/c1-14-7-8-15(2)19(13-14)29-24(32)21(26)22(25(29)33)27-17-11-9-16(10-12-17)23(31)28-18-5-3-4-6-20(18)30/h3-13,27,30H,1-2H3,(H,28,31). The van der Waals surface area contributed by atoms with Crippen LogP contribution >= 0.6 is 11.6 Å². The number of hydrogen-bond acceptors (Lipinski definition) is 5. The number of carbonyl (C=O) groups excluding carboxylic acids is 3. The molecule has 8 heteroatoms. The lowest BCUT2D eigenvalue weighted by molar-refractivity contribution is -0.120. The average Bonchev–Trinajstić information content (AvgIpc) is 3.00. The van der Waals surface area contributed by atoms with Gasteiger partial charge in [-0.3, -0.25) is 14.4 Å². The van der Waals surface area contributed by atoms with Gasteiger partial charge in [0.05, 0.1) is 11.4 Å². The number of halogens is 1. The lowest BCUT2D eigenvalue weighted by Gasteiger charge is -2.18. The smallest absolute Gasteiger partial charge is 0.283 e. The van der Waals surface area contributed by atoms with Crippen LogP contribution in [0, 0.1) is 13.8 Å². The number of benzene rings is 3. The Bertz CT molecular complexity index is 1320. The van der Waals surface area contributed by atoms with Crippen LogP contribution in [-0.2, 0) is 9.59 Å². The Labute approximate surface area is 195 Å². The number of para-hydroxylation sites is 2. The molecule has 0 saturated heterocycles. The van der Waals surface area contributed by atoms with Crippen molar-refractivity contribution in [3.05, 3.63) is 94.1 Å². The van der Waals surface area contributed by atoms with E-state index in [0.717, 1.165) is 16.0 Å². The van der Waals surface area contributed by atoms with Gasteiger partial charge in [0.1, 0.15) is 16.5 Å². The molecule has 0 spiro atoms. The highest BCUT2D eigenvalue weighted by Crippen LogP contribution is 2.32. The zero-order chi connectivity index (χ0) is 23.7. The summed E-state index contributed by atoms with van der Waals surface area (Å²) in [5.41, 5.74) is 3.24. The first-order chi connectivity index (χ1) is 15.8. The number of hydrogen-bond donors (Lipinski definition) is 3. The summed E-state index contributed by atoms with van der Waals surface area (Å²) in [5, 5.41) is 15.1. The van der Waals surface area contributed by atoms with E-state index in [-0.39, 0.29) is 16.5 Å². The van der Waals surface area contributed by atoms with Gasteiger partial charge in [-0.2, -0.15) is 0 Å². The summed E-state index contributed by atoms with van der Waals surface area (Å²) in [6, 6.07) is 18.2. The molecule has 3 amide bonds. The lowest BCUT2D eigenvalue weighted by atomic mass is 10.1. The molecule has 1 aliphatic rings. The number of carbonyl (C=O) groups is 3. The van der Waals surface area contributed by atoms with E-state index >= 15 is 0 Å². The summed E-state index contributed by atoms with van der Waals surface area (Å²) in [7, 11) is 0. The number of nitrogens with zero attached hydrogens (tertiary/aromatic N) is 1. The van der Waals surface area contributed by atoms with Crippen molar-refractivity contribution in [3.8, 4) is 5.75 Å². The Morgan fingerprint density at radius 3 is 2.33 bits per heavy atom. The second kappa shape index (κ2) is 8.80. The SMILES string of the molecule is Cc1ccc(C)c(N2C(=O)C(Cl)=C(Nc3ccc(C(=O)Nc4ccccc4O)cc3)C2=O)c1. The van der Waals surface area contributed by atoms with Crippen LogP contribution in [0.2, 0.25) is 0 Å².